The van der Waals surface area contributed by atoms with Crippen molar-refractivity contribution in [1.29, 1.82) is 0 Å². The monoisotopic (exact) mass is 423 g/mol. The third-order valence-electron chi connectivity index (χ3n) is 4.99. The molecule has 0 bridgehead atoms. The minimum absolute atomic E-state index is 0.0206. The number of methoxy groups -OCH3 is 1. The quantitative estimate of drug-likeness (QED) is 0.590. The van der Waals surface area contributed by atoms with Crippen molar-refractivity contribution in [2.45, 2.75) is 26.4 Å². The van der Waals surface area contributed by atoms with Gasteiger partial charge >= 0.3 is 5.97 Å². The summed E-state index contributed by atoms with van der Waals surface area (Å²) in [4.78, 5) is 37.7. The van der Waals surface area contributed by atoms with Gasteiger partial charge in [0, 0.05) is 7.05 Å². The summed E-state index contributed by atoms with van der Waals surface area (Å²) in [6, 6.07) is 16.1. The fourth-order valence-corrected chi connectivity index (χ4v) is 3.14. The van der Waals surface area contributed by atoms with Crippen LogP contribution in [-0.4, -0.2) is 34.5 Å². The number of carbonyl (C=O) groups excluding carboxylic acids is 2. The van der Waals surface area contributed by atoms with Crippen LogP contribution >= 0.6 is 0 Å². The van der Waals surface area contributed by atoms with Crippen LogP contribution in [0.5, 0.6) is 5.75 Å². The maximum atomic E-state index is 12.9. The van der Waals surface area contributed by atoms with Crippen molar-refractivity contribution in [2.24, 2.45) is 7.05 Å². The molecular formula is C23H25N3O5. The van der Waals surface area contributed by atoms with Gasteiger partial charge < -0.3 is 14.8 Å². The minimum Gasteiger partial charge on any atom is -0.497 e. The second-order valence-corrected chi connectivity index (χ2v) is 7.08. The lowest BCUT2D eigenvalue weighted by atomic mass is 10.1. The van der Waals surface area contributed by atoms with Crippen LogP contribution < -0.4 is 15.6 Å². The smallest absolute Gasteiger partial charge is 0.311 e. The molecule has 8 nitrogen and oxygen atoms in total. The fourth-order valence-electron chi connectivity index (χ4n) is 3.14. The summed E-state index contributed by atoms with van der Waals surface area (Å²) in [5.74, 6) is -0.433. The van der Waals surface area contributed by atoms with Gasteiger partial charge in [0.25, 0.3) is 11.5 Å². The molecule has 0 spiro atoms. The predicted molar refractivity (Wildman–Crippen MR) is 117 cm³/mol. The number of benzene rings is 2. The van der Waals surface area contributed by atoms with Crippen molar-refractivity contribution in [3.05, 3.63) is 76.2 Å². The molecule has 0 fully saturated rings. The van der Waals surface area contributed by atoms with Gasteiger partial charge in [-0.1, -0.05) is 30.3 Å². The molecule has 0 unspecified atom stereocenters. The van der Waals surface area contributed by atoms with E-state index in [1.807, 2.05) is 18.2 Å². The van der Waals surface area contributed by atoms with Gasteiger partial charge in [0.05, 0.1) is 24.9 Å². The Kier molecular flexibility index (Phi) is 6.59. The molecular weight excluding hydrogens is 398 g/mol. The molecule has 1 amide bonds. The molecule has 0 saturated heterocycles. The first-order chi connectivity index (χ1) is 14.8. The molecule has 0 aliphatic rings. The molecule has 1 heterocycles. The topological polar surface area (TPSA) is 91.6 Å². The Labute approximate surface area is 180 Å². The van der Waals surface area contributed by atoms with E-state index in [1.54, 1.807) is 62.2 Å². The van der Waals surface area contributed by atoms with Crippen molar-refractivity contribution < 1.29 is 19.1 Å². The average molecular weight is 423 g/mol. The summed E-state index contributed by atoms with van der Waals surface area (Å²) in [5.41, 5.74) is 1.78. The highest BCUT2D eigenvalue weighted by Gasteiger charge is 2.23. The van der Waals surface area contributed by atoms with Gasteiger partial charge in [-0.3, -0.25) is 19.1 Å². The van der Waals surface area contributed by atoms with Crippen LogP contribution in [0.2, 0.25) is 0 Å². The molecule has 0 aliphatic carbocycles. The molecule has 2 aromatic carbocycles. The van der Waals surface area contributed by atoms with Crippen molar-refractivity contribution in [2.75, 3.05) is 12.4 Å². The number of hydrogen-bond acceptors (Lipinski definition) is 5. The van der Waals surface area contributed by atoms with E-state index < -0.39 is 18.0 Å². The first-order valence-corrected chi connectivity index (χ1v) is 9.79. The number of ether oxygens (including phenoxy) is 2. The first-order valence-electron chi connectivity index (χ1n) is 9.79. The highest BCUT2D eigenvalue weighted by atomic mass is 16.5. The molecule has 3 aromatic rings. The van der Waals surface area contributed by atoms with Crippen LogP contribution in [-0.2, 0) is 27.8 Å². The Balaban J connectivity index is 1.68. The lowest BCUT2D eigenvalue weighted by molar-refractivity contribution is -0.152. The van der Waals surface area contributed by atoms with Gasteiger partial charge in [-0.25, -0.2) is 4.68 Å². The molecule has 31 heavy (non-hydrogen) atoms. The molecule has 1 aromatic heterocycles. The Morgan fingerprint density at radius 2 is 1.71 bits per heavy atom. The molecule has 0 radical (unpaired) electrons. The summed E-state index contributed by atoms with van der Waals surface area (Å²) < 4.78 is 13.5. The first kappa shape index (κ1) is 21.9. The average Bonchev–Trinajstić information content (AvgIpc) is 2.97. The van der Waals surface area contributed by atoms with Crippen LogP contribution in [0.25, 0.3) is 5.69 Å². The standard InChI is InChI=1S/C23H25N3O5/c1-15-21(23(29)26(25(15)3)18-8-6-5-7-9-18)24-22(28)16(2)31-20(27)14-17-10-12-19(30-4)13-11-17/h5-13,16H,14H2,1-4H3,(H,24,28)/t16-/m1/s1. The van der Waals surface area contributed by atoms with Crippen molar-refractivity contribution in [3.63, 3.8) is 0 Å². The summed E-state index contributed by atoms with van der Waals surface area (Å²) >= 11 is 0. The van der Waals surface area contributed by atoms with E-state index in [1.165, 1.54) is 11.6 Å². The van der Waals surface area contributed by atoms with Gasteiger partial charge in [0.15, 0.2) is 6.10 Å². The van der Waals surface area contributed by atoms with Crippen molar-refractivity contribution in [1.82, 2.24) is 9.36 Å². The Hall–Kier alpha value is -3.81. The molecule has 0 saturated carbocycles. The highest BCUT2D eigenvalue weighted by Crippen LogP contribution is 2.15. The van der Waals surface area contributed by atoms with Gasteiger partial charge in [0.2, 0.25) is 0 Å². The second-order valence-electron chi connectivity index (χ2n) is 7.08. The molecule has 162 valence electrons. The largest absolute Gasteiger partial charge is 0.497 e. The summed E-state index contributed by atoms with van der Waals surface area (Å²) in [5, 5.41) is 2.61. The van der Waals surface area contributed by atoms with Crippen molar-refractivity contribution in [3.8, 4) is 11.4 Å². The zero-order chi connectivity index (χ0) is 22.5. The Bertz CT molecular complexity index is 1130. The van der Waals surface area contributed by atoms with E-state index in [-0.39, 0.29) is 17.7 Å². The number of carbonyl (C=O) groups is 2. The predicted octanol–water partition coefficient (Wildman–Crippen LogP) is 2.61. The number of nitrogens with zero attached hydrogens (tertiary/aromatic N) is 2. The molecule has 3 rings (SSSR count). The van der Waals surface area contributed by atoms with E-state index >= 15 is 0 Å². The number of hydrogen-bond donors (Lipinski definition) is 1. The number of aromatic nitrogens is 2. The molecule has 0 aliphatic heterocycles. The van der Waals surface area contributed by atoms with Crippen LogP contribution in [0.1, 0.15) is 18.2 Å². The fraction of sp³-hybridized carbons (Fsp3) is 0.261. The number of amides is 1. The molecule has 1 atom stereocenters. The maximum absolute atomic E-state index is 12.9. The van der Waals surface area contributed by atoms with Gasteiger partial charge in [-0.15, -0.1) is 0 Å². The molecule has 1 N–H and O–H groups in total. The van der Waals surface area contributed by atoms with Crippen LogP contribution in [0.3, 0.4) is 0 Å². The van der Waals surface area contributed by atoms with E-state index in [0.29, 0.717) is 17.1 Å². The normalized spacial score (nSPS) is 11.6. The number of esters is 1. The Morgan fingerprint density at radius 1 is 1.06 bits per heavy atom. The highest BCUT2D eigenvalue weighted by molar-refractivity contribution is 5.95. The van der Waals surface area contributed by atoms with Crippen LogP contribution in [0.15, 0.2) is 59.4 Å². The lowest BCUT2D eigenvalue weighted by Crippen LogP contribution is -2.32. The third kappa shape index (κ3) is 4.85. The summed E-state index contributed by atoms with van der Waals surface area (Å²) in [7, 11) is 3.30. The second kappa shape index (κ2) is 9.34. The lowest BCUT2D eigenvalue weighted by Gasteiger charge is -2.13. The van der Waals surface area contributed by atoms with Gasteiger partial charge in [-0.2, -0.15) is 0 Å². The number of anilines is 1. The van der Waals surface area contributed by atoms with E-state index in [2.05, 4.69) is 5.32 Å². The minimum atomic E-state index is -1.06. The van der Waals surface area contributed by atoms with E-state index in [0.717, 1.165) is 5.56 Å². The van der Waals surface area contributed by atoms with E-state index in [4.69, 9.17) is 9.47 Å². The van der Waals surface area contributed by atoms with Gasteiger partial charge in [0.1, 0.15) is 11.4 Å². The van der Waals surface area contributed by atoms with Crippen LogP contribution in [0, 0.1) is 6.92 Å². The van der Waals surface area contributed by atoms with E-state index in [9.17, 15) is 14.4 Å². The molecule has 8 heteroatoms. The summed E-state index contributed by atoms with van der Waals surface area (Å²) in [6.07, 6.45) is -1.04. The van der Waals surface area contributed by atoms with Gasteiger partial charge in [-0.05, 0) is 43.7 Å². The number of nitrogens with one attached hydrogen (secondary N) is 1. The third-order valence-corrected chi connectivity index (χ3v) is 4.99. The zero-order valence-corrected chi connectivity index (χ0v) is 17.9. The van der Waals surface area contributed by atoms with Crippen molar-refractivity contribution >= 4 is 17.6 Å². The number of rotatable bonds is 7. The van der Waals surface area contributed by atoms with Crippen LogP contribution in [0.4, 0.5) is 5.69 Å². The summed E-state index contributed by atoms with van der Waals surface area (Å²) in [6.45, 7) is 3.20. The maximum Gasteiger partial charge on any atom is 0.311 e. The SMILES string of the molecule is COc1ccc(CC(=O)O[C@H](C)C(=O)Nc2c(C)n(C)n(-c3ccccc3)c2=O)cc1. The Morgan fingerprint density at radius 3 is 2.32 bits per heavy atom. The zero-order valence-electron chi connectivity index (χ0n) is 17.9. The number of para-hydroxylation sites is 1.